The maximum Gasteiger partial charge on any atom is 0.461 e. The maximum atomic E-state index is 13.1. The lowest BCUT2D eigenvalue weighted by atomic mass is 10.3. The van der Waals surface area contributed by atoms with Crippen LogP contribution in [-0.4, -0.2) is 36.7 Å². The molecule has 150 valence electrons. The molecule has 0 aliphatic rings. The molecule has 0 spiro atoms. The third-order valence-electron chi connectivity index (χ3n) is 4.03. The first kappa shape index (κ1) is 18.7. The molecule has 11 heteroatoms. The van der Waals surface area contributed by atoms with Crippen LogP contribution in [0, 0.1) is 0 Å². The Balaban J connectivity index is 1.64. The van der Waals surface area contributed by atoms with Crippen LogP contribution in [0.5, 0.6) is 5.75 Å². The van der Waals surface area contributed by atoms with Crippen LogP contribution < -0.4 is 10.1 Å². The number of fused-ring (bicyclic) bond motifs is 1. The van der Waals surface area contributed by atoms with Crippen molar-refractivity contribution in [3.8, 4) is 17.0 Å². The van der Waals surface area contributed by atoms with Crippen LogP contribution in [0.25, 0.3) is 16.9 Å². The fourth-order valence-electron chi connectivity index (χ4n) is 2.75. The lowest BCUT2D eigenvalue weighted by Crippen LogP contribution is -2.33. The molecule has 0 bridgehead atoms. The van der Waals surface area contributed by atoms with E-state index >= 15 is 0 Å². The number of alkyl halides is 4. The van der Waals surface area contributed by atoms with E-state index in [4.69, 9.17) is 0 Å². The fourth-order valence-corrected chi connectivity index (χ4v) is 2.75. The van der Waals surface area contributed by atoms with Gasteiger partial charge < -0.3 is 10.1 Å². The van der Waals surface area contributed by atoms with Gasteiger partial charge in [-0.05, 0) is 12.1 Å². The molecule has 29 heavy (non-hydrogen) atoms. The van der Waals surface area contributed by atoms with Crippen LogP contribution in [0.3, 0.4) is 0 Å². The number of hydrogen-bond acceptors (Lipinski definition) is 5. The van der Waals surface area contributed by atoms with Gasteiger partial charge in [0.25, 0.3) is 0 Å². The normalized spacial score (nSPS) is 11.9. The zero-order valence-electron chi connectivity index (χ0n) is 14.9. The van der Waals surface area contributed by atoms with Crippen molar-refractivity contribution in [1.29, 1.82) is 0 Å². The Hall–Kier alpha value is -3.63. The van der Waals surface area contributed by atoms with E-state index in [0.29, 0.717) is 17.2 Å². The molecule has 4 rings (SSSR count). The number of hydrogen-bond donors (Lipinski definition) is 1. The van der Waals surface area contributed by atoms with Crippen molar-refractivity contribution in [3.05, 3.63) is 55.2 Å². The first-order valence-electron chi connectivity index (χ1n) is 8.36. The van der Waals surface area contributed by atoms with E-state index in [9.17, 15) is 17.6 Å². The molecular formula is C18H14F4N6O. The van der Waals surface area contributed by atoms with Crippen molar-refractivity contribution in [2.24, 2.45) is 7.05 Å². The topological polar surface area (TPSA) is 69.3 Å². The Labute approximate surface area is 161 Å². The average Bonchev–Trinajstić information content (AvgIpc) is 3.28. The molecule has 0 fully saturated rings. The smallest absolute Gasteiger partial charge is 0.428 e. The predicted molar refractivity (Wildman–Crippen MR) is 96.5 cm³/mol. The third-order valence-corrected chi connectivity index (χ3v) is 4.03. The third kappa shape index (κ3) is 3.71. The van der Waals surface area contributed by atoms with Crippen LogP contribution in [0.4, 0.5) is 29.1 Å². The van der Waals surface area contributed by atoms with Crippen molar-refractivity contribution in [2.45, 2.75) is 12.5 Å². The summed E-state index contributed by atoms with van der Waals surface area (Å²) >= 11 is 0. The van der Waals surface area contributed by atoms with Gasteiger partial charge in [-0.3, -0.25) is 9.08 Å². The highest BCUT2D eigenvalue weighted by Gasteiger charge is 2.44. The Bertz CT molecular complexity index is 1160. The van der Waals surface area contributed by atoms with Crippen molar-refractivity contribution in [2.75, 3.05) is 5.32 Å². The summed E-state index contributed by atoms with van der Waals surface area (Å²) in [6.07, 6.45) is -0.0752. The Morgan fingerprint density at radius 1 is 1.17 bits per heavy atom. The Kier molecular flexibility index (Phi) is 4.57. The minimum atomic E-state index is -4.58. The summed E-state index contributed by atoms with van der Waals surface area (Å²) in [5, 5.41) is 7.08. The Morgan fingerprint density at radius 2 is 2.00 bits per heavy atom. The zero-order chi connectivity index (χ0) is 20.6. The van der Waals surface area contributed by atoms with Gasteiger partial charge in [0.2, 0.25) is 0 Å². The molecule has 4 aromatic rings. The van der Waals surface area contributed by atoms with Crippen molar-refractivity contribution < 1.29 is 22.3 Å². The minimum absolute atomic E-state index is 0.319. The van der Waals surface area contributed by atoms with Gasteiger partial charge in [-0.15, -0.1) is 0 Å². The number of anilines is 2. The van der Waals surface area contributed by atoms with Crippen LogP contribution in [0.2, 0.25) is 0 Å². The van der Waals surface area contributed by atoms with Crippen LogP contribution in [0.1, 0.15) is 0 Å². The molecule has 0 radical (unpaired) electrons. The van der Waals surface area contributed by atoms with Crippen LogP contribution >= 0.6 is 0 Å². The number of nitrogens with zero attached hydrogens (tertiary/aromatic N) is 5. The summed E-state index contributed by atoms with van der Waals surface area (Å²) < 4.78 is 58.5. The van der Waals surface area contributed by atoms with E-state index in [0.717, 1.165) is 17.3 Å². The van der Waals surface area contributed by atoms with Gasteiger partial charge in [-0.1, -0.05) is 6.07 Å². The van der Waals surface area contributed by atoms with Crippen molar-refractivity contribution in [1.82, 2.24) is 24.1 Å². The first-order valence-corrected chi connectivity index (χ1v) is 8.36. The number of halogens is 4. The molecular weight excluding hydrogens is 392 g/mol. The molecule has 0 atom stereocenters. The molecule has 3 aromatic heterocycles. The van der Waals surface area contributed by atoms with Crippen LogP contribution in [0.15, 0.2) is 55.2 Å². The highest BCUT2D eigenvalue weighted by atomic mass is 19.3. The molecule has 0 saturated carbocycles. The van der Waals surface area contributed by atoms with E-state index in [1.54, 1.807) is 47.0 Å². The minimum Gasteiger partial charge on any atom is -0.428 e. The summed E-state index contributed by atoms with van der Waals surface area (Å²) in [6.45, 7) is 0. The van der Waals surface area contributed by atoms with Gasteiger partial charge in [0.1, 0.15) is 5.75 Å². The number of aromatic nitrogens is 5. The molecule has 1 N–H and O–H groups in total. The summed E-state index contributed by atoms with van der Waals surface area (Å²) in [5.74, 6) is -0.0629. The summed E-state index contributed by atoms with van der Waals surface area (Å²) in [5.41, 5.74) is 2.43. The fraction of sp³-hybridized carbons (Fsp3) is 0.167. The van der Waals surface area contributed by atoms with E-state index in [1.165, 1.54) is 12.1 Å². The number of nitrogens with one attached hydrogen (secondary N) is 1. The van der Waals surface area contributed by atoms with Gasteiger partial charge >= 0.3 is 12.5 Å². The molecule has 0 aliphatic carbocycles. The van der Waals surface area contributed by atoms with Gasteiger partial charge in [-0.2, -0.15) is 22.7 Å². The number of aryl methyl sites for hydroxylation is 1. The quantitative estimate of drug-likeness (QED) is 0.488. The summed E-state index contributed by atoms with van der Waals surface area (Å²) in [4.78, 5) is 8.58. The van der Waals surface area contributed by atoms with Crippen molar-refractivity contribution in [3.63, 3.8) is 0 Å². The molecule has 0 saturated heterocycles. The lowest BCUT2D eigenvalue weighted by Gasteiger charge is -2.17. The summed E-state index contributed by atoms with van der Waals surface area (Å²) in [7, 11) is 1.80. The number of imidazole rings is 1. The Morgan fingerprint density at radius 3 is 2.72 bits per heavy atom. The van der Waals surface area contributed by atoms with E-state index in [2.05, 4.69) is 25.1 Å². The van der Waals surface area contributed by atoms with Crippen LogP contribution in [-0.2, 0) is 7.05 Å². The molecule has 0 amide bonds. The molecule has 7 nitrogen and oxygen atoms in total. The van der Waals surface area contributed by atoms with Gasteiger partial charge in [0.05, 0.1) is 18.1 Å². The van der Waals surface area contributed by atoms with E-state index < -0.39 is 18.3 Å². The molecule has 0 aliphatic heterocycles. The summed E-state index contributed by atoms with van der Waals surface area (Å²) in [6, 6.07) is 5.29. The van der Waals surface area contributed by atoms with Gasteiger partial charge in [-0.25, -0.2) is 9.97 Å². The van der Waals surface area contributed by atoms with Gasteiger partial charge in [0.15, 0.2) is 11.5 Å². The highest BCUT2D eigenvalue weighted by molar-refractivity contribution is 5.74. The monoisotopic (exact) mass is 406 g/mol. The number of benzene rings is 1. The molecule has 1 aromatic carbocycles. The SMILES string of the molecule is Cn1cc(-c2cnc3c(Nc4cccc(OC(F)(F)C(F)F)c4)nccn23)cn1. The second-order valence-corrected chi connectivity index (χ2v) is 6.13. The first-order chi connectivity index (χ1) is 13.8. The standard InChI is InChI=1S/C18H14F4N6O/c1-27-10-11(8-25-27)14-9-24-16-15(23-5-6-28(14)16)26-12-3-2-4-13(7-12)29-18(21,22)17(19)20/h2-10,17H,1H3,(H,23,26). The van der Waals surface area contributed by atoms with Gasteiger partial charge in [0, 0.05) is 43.0 Å². The van der Waals surface area contributed by atoms with Crippen molar-refractivity contribution >= 4 is 17.2 Å². The predicted octanol–water partition coefficient (Wildman–Crippen LogP) is 4.11. The van der Waals surface area contributed by atoms with E-state index in [-0.39, 0.29) is 0 Å². The number of ether oxygens (including phenoxy) is 1. The molecule has 3 heterocycles. The average molecular weight is 406 g/mol. The highest BCUT2D eigenvalue weighted by Crippen LogP contribution is 2.30. The van der Waals surface area contributed by atoms with E-state index in [1.807, 2.05) is 6.20 Å². The second-order valence-electron chi connectivity index (χ2n) is 6.13. The largest absolute Gasteiger partial charge is 0.461 e. The second kappa shape index (κ2) is 7.08. The lowest BCUT2D eigenvalue weighted by molar-refractivity contribution is -0.253. The number of rotatable bonds is 6. The molecule has 0 unspecified atom stereocenters. The zero-order valence-corrected chi connectivity index (χ0v) is 14.9. The maximum absolute atomic E-state index is 13.1.